The van der Waals surface area contributed by atoms with E-state index in [4.69, 9.17) is 28.4 Å². The summed E-state index contributed by atoms with van der Waals surface area (Å²) in [5.74, 6) is -1.80. The third kappa shape index (κ3) is 5.59. The number of rotatable bonds is 8. The minimum absolute atomic E-state index is 0.134. The summed E-state index contributed by atoms with van der Waals surface area (Å²) in [6.07, 6.45) is -2.44. The lowest BCUT2D eigenvalue weighted by Gasteiger charge is -2.27. The summed E-state index contributed by atoms with van der Waals surface area (Å²) in [4.78, 5) is 25.1. The average molecular weight is 456 g/mol. The molecule has 0 amide bonds. The van der Waals surface area contributed by atoms with Crippen molar-refractivity contribution in [2.45, 2.75) is 56.8 Å². The summed E-state index contributed by atoms with van der Waals surface area (Å²) in [6.45, 7) is 3.49. The van der Waals surface area contributed by atoms with Crippen LogP contribution in [0.4, 0.5) is 0 Å². The first-order chi connectivity index (χ1) is 15.9. The fourth-order valence-electron chi connectivity index (χ4n) is 4.05. The third-order valence-electron chi connectivity index (χ3n) is 5.55. The monoisotopic (exact) mass is 456 g/mol. The van der Waals surface area contributed by atoms with Crippen molar-refractivity contribution in [3.05, 3.63) is 71.8 Å². The standard InChI is InChI=1S/C25H28O8/c1-25(2)32-21-20(28-3)19(31-24(21)33-25)14-18(30-23(27)17-12-8-5-9-13-17)15-29-22(26)16-10-6-4-7-11-16/h4-13,18-21,24H,14-15H2,1-3H3/t18?,19-,20+,21-,24-/m1/s1. The second kappa shape index (κ2) is 10.0. The number of benzene rings is 2. The van der Waals surface area contributed by atoms with Crippen molar-refractivity contribution >= 4 is 11.9 Å². The van der Waals surface area contributed by atoms with Gasteiger partial charge in [0, 0.05) is 13.5 Å². The Morgan fingerprint density at radius 2 is 1.55 bits per heavy atom. The Morgan fingerprint density at radius 3 is 2.15 bits per heavy atom. The molecule has 2 aliphatic heterocycles. The highest BCUT2D eigenvalue weighted by atomic mass is 16.8. The van der Waals surface area contributed by atoms with Crippen LogP contribution in [0.2, 0.25) is 0 Å². The maximum Gasteiger partial charge on any atom is 0.338 e. The van der Waals surface area contributed by atoms with Gasteiger partial charge in [0.15, 0.2) is 12.1 Å². The molecule has 8 nitrogen and oxygen atoms in total. The van der Waals surface area contributed by atoms with E-state index in [1.54, 1.807) is 55.6 Å². The number of hydrogen-bond acceptors (Lipinski definition) is 8. The van der Waals surface area contributed by atoms with Gasteiger partial charge in [-0.15, -0.1) is 0 Å². The normalized spacial score (nSPS) is 26.4. The van der Waals surface area contributed by atoms with Gasteiger partial charge in [-0.25, -0.2) is 9.59 Å². The molecule has 2 aromatic carbocycles. The first-order valence-corrected chi connectivity index (χ1v) is 10.9. The molecular formula is C25H28O8. The molecule has 8 heteroatoms. The van der Waals surface area contributed by atoms with E-state index in [2.05, 4.69) is 0 Å². The van der Waals surface area contributed by atoms with E-state index in [0.29, 0.717) is 11.1 Å². The Labute approximate surface area is 192 Å². The zero-order valence-electron chi connectivity index (χ0n) is 18.8. The summed E-state index contributed by atoms with van der Waals surface area (Å²) in [5, 5.41) is 0. The molecule has 33 heavy (non-hydrogen) atoms. The molecule has 2 fully saturated rings. The van der Waals surface area contributed by atoms with Crippen molar-refractivity contribution in [2.24, 2.45) is 0 Å². The molecule has 176 valence electrons. The third-order valence-corrected chi connectivity index (χ3v) is 5.55. The summed E-state index contributed by atoms with van der Waals surface area (Å²) in [6, 6.07) is 17.3. The van der Waals surface area contributed by atoms with E-state index in [9.17, 15) is 9.59 Å². The lowest BCUT2D eigenvalue weighted by Crippen LogP contribution is -2.39. The highest BCUT2D eigenvalue weighted by molar-refractivity contribution is 5.90. The summed E-state index contributed by atoms with van der Waals surface area (Å²) < 4.78 is 34.6. The molecule has 0 saturated carbocycles. The Hall–Kier alpha value is -2.78. The Morgan fingerprint density at radius 1 is 0.939 bits per heavy atom. The quantitative estimate of drug-likeness (QED) is 0.559. The SMILES string of the molecule is CO[C@@H]1[C@H]2OC(C)(C)O[C@H]2O[C@@H]1CC(COC(=O)c1ccccc1)OC(=O)c1ccccc1. The van der Waals surface area contributed by atoms with Gasteiger partial charge in [0.25, 0.3) is 0 Å². The molecule has 5 atom stereocenters. The number of esters is 2. The molecule has 2 heterocycles. The van der Waals surface area contributed by atoms with Gasteiger partial charge < -0.3 is 28.4 Å². The highest BCUT2D eigenvalue weighted by Crippen LogP contribution is 2.39. The summed E-state index contributed by atoms with van der Waals surface area (Å²) in [5.41, 5.74) is 0.814. The van der Waals surface area contributed by atoms with E-state index < -0.39 is 48.4 Å². The zero-order valence-corrected chi connectivity index (χ0v) is 18.8. The molecule has 0 spiro atoms. The van der Waals surface area contributed by atoms with Crippen LogP contribution in [0.15, 0.2) is 60.7 Å². The van der Waals surface area contributed by atoms with Crippen molar-refractivity contribution < 1.29 is 38.0 Å². The van der Waals surface area contributed by atoms with Crippen LogP contribution < -0.4 is 0 Å². The average Bonchev–Trinajstić information content (AvgIpc) is 3.28. The van der Waals surface area contributed by atoms with Crippen molar-refractivity contribution in [3.8, 4) is 0 Å². The topological polar surface area (TPSA) is 89.5 Å². The van der Waals surface area contributed by atoms with Gasteiger partial charge in [0.05, 0.1) is 17.2 Å². The smallest absolute Gasteiger partial charge is 0.338 e. The van der Waals surface area contributed by atoms with Crippen LogP contribution >= 0.6 is 0 Å². The number of methoxy groups -OCH3 is 1. The van der Waals surface area contributed by atoms with Crippen molar-refractivity contribution in [3.63, 3.8) is 0 Å². The first-order valence-electron chi connectivity index (χ1n) is 10.9. The Bertz CT molecular complexity index is 945. The van der Waals surface area contributed by atoms with E-state index >= 15 is 0 Å². The zero-order chi connectivity index (χ0) is 23.4. The predicted octanol–water partition coefficient (Wildman–Crippen LogP) is 3.35. The van der Waals surface area contributed by atoms with Crippen LogP contribution in [0.3, 0.4) is 0 Å². The Balaban J connectivity index is 1.45. The van der Waals surface area contributed by atoms with Crippen molar-refractivity contribution in [1.29, 1.82) is 0 Å². The van der Waals surface area contributed by atoms with Crippen molar-refractivity contribution in [2.75, 3.05) is 13.7 Å². The van der Waals surface area contributed by atoms with Crippen molar-refractivity contribution in [1.82, 2.24) is 0 Å². The van der Waals surface area contributed by atoms with Gasteiger partial charge in [-0.3, -0.25) is 0 Å². The molecule has 2 aromatic rings. The summed E-state index contributed by atoms with van der Waals surface area (Å²) in [7, 11) is 1.57. The molecule has 2 aliphatic rings. The van der Waals surface area contributed by atoms with Crippen LogP contribution in [-0.4, -0.2) is 62.1 Å². The molecule has 1 unspecified atom stereocenters. The number of carbonyl (C=O) groups excluding carboxylic acids is 2. The van der Waals surface area contributed by atoms with E-state index in [-0.39, 0.29) is 13.0 Å². The molecular weight excluding hydrogens is 428 g/mol. The molecule has 2 saturated heterocycles. The number of carbonyl (C=O) groups is 2. The van der Waals surface area contributed by atoms with E-state index in [1.165, 1.54) is 0 Å². The van der Waals surface area contributed by atoms with Crippen LogP contribution in [0.25, 0.3) is 0 Å². The lowest BCUT2D eigenvalue weighted by atomic mass is 10.0. The maximum absolute atomic E-state index is 12.7. The summed E-state index contributed by atoms with van der Waals surface area (Å²) >= 11 is 0. The van der Waals surface area contributed by atoms with Gasteiger partial charge in [-0.1, -0.05) is 36.4 Å². The van der Waals surface area contributed by atoms with Crippen LogP contribution in [0, 0.1) is 0 Å². The minimum atomic E-state index is -0.776. The fraction of sp³-hybridized carbons (Fsp3) is 0.440. The number of fused-ring (bicyclic) bond motifs is 1. The molecule has 0 aromatic heterocycles. The number of hydrogen-bond donors (Lipinski definition) is 0. The minimum Gasteiger partial charge on any atom is -0.458 e. The van der Waals surface area contributed by atoms with Crippen LogP contribution in [0.1, 0.15) is 41.0 Å². The molecule has 0 N–H and O–H groups in total. The highest BCUT2D eigenvalue weighted by Gasteiger charge is 2.55. The largest absolute Gasteiger partial charge is 0.458 e. The van der Waals surface area contributed by atoms with Gasteiger partial charge in [0.1, 0.15) is 24.9 Å². The Kier molecular flexibility index (Phi) is 7.09. The molecule has 0 bridgehead atoms. The van der Waals surface area contributed by atoms with E-state index in [0.717, 1.165) is 0 Å². The van der Waals surface area contributed by atoms with Gasteiger partial charge in [-0.2, -0.15) is 0 Å². The number of ether oxygens (including phenoxy) is 6. The van der Waals surface area contributed by atoms with E-state index in [1.807, 2.05) is 26.0 Å². The second-order valence-corrected chi connectivity index (χ2v) is 8.44. The second-order valence-electron chi connectivity index (χ2n) is 8.44. The fourth-order valence-corrected chi connectivity index (χ4v) is 4.05. The first kappa shape index (κ1) is 23.4. The molecule has 4 rings (SSSR count). The maximum atomic E-state index is 12.7. The van der Waals surface area contributed by atoms with Gasteiger partial charge in [-0.05, 0) is 38.1 Å². The van der Waals surface area contributed by atoms with Crippen LogP contribution in [-0.2, 0) is 28.4 Å². The predicted molar refractivity (Wildman–Crippen MR) is 116 cm³/mol. The lowest BCUT2D eigenvalue weighted by molar-refractivity contribution is -0.219. The molecule has 0 aliphatic carbocycles. The molecule has 0 radical (unpaired) electrons. The van der Waals surface area contributed by atoms with Gasteiger partial charge >= 0.3 is 11.9 Å². The van der Waals surface area contributed by atoms with Crippen LogP contribution in [0.5, 0.6) is 0 Å². The van der Waals surface area contributed by atoms with Gasteiger partial charge in [0.2, 0.25) is 0 Å².